The van der Waals surface area contributed by atoms with E-state index in [-0.39, 0.29) is 18.3 Å². The normalized spacial score (nSPS) is 17.4. The molecule has 2 aromatic rings. The molecule has 0 heterocycles. The molecule has 0 aliphatic heterocycles. The fraction of sp³-hybridized carbons (Fsp3) is 0.190. The Labute approximate surface area is 141 Å². The summed E-state index contributed by atoms with van der Waals surface area (Å²) in [7, 11) is 0. The Bertz CT molecular complexity index is 773. The lowest BCUT2D eigenvalue weighted by Gasteiger charge is -2.26. The highest BCUT2D eigenvalue weighted by Crippen LogP contribution is 2.40. The number of carbonyl (C=O) groups is 1. The van der Waals surface area contributed by atoms with Crippen LogP contribution in [0.3, 0.4) is 0 Å². The average molecular weight is 320 g/mol. The maximum atomic E-state index is 12.4. The number of aliphatic hydroxyl groups excluding tert-OH is 1. The van der Waals surface area contributed by atoms with E-state index >= 15 is 0 Å². The molecule has 1 atom stereocenters. The first kappa shape index (κ1) is 16.1. The number of esters is 1. The van der Waals surface area contributed by atoms with Gasteiger partial charge in [-0.1, -0.05) is 60.7 Å². The second kappa shape index (κ2) is 7.18. The molecule has 1 unspecified atom stereocenters. The van der Waals surface area contributed by atoms with Crippen LogP contribution < -0.4 is 0 Å². The summed E-state index contributed by atoms with van der Waals surface area (Å²) < 4.78 is 5.16. The van der Waals surface area contributed by atoms with Gasteiger partial charge < -0.3 is 9.84 Å². The predicted octanol–water partition coefficient (Wildman–Crippen LogP) is 4.63. The van der Waals surface area contributed by atoms with Crippen LogP contribution in [0.5, 0.6) is 0 Å². The van der Waals surface area contributed by atoms with Gasteiger partial charge in [-0.15, -0.1) is 0 Å². The summed E-state index contributed by atoms with van der Waals surface area (Å²) in [6.07, 6.45) is 2.33. The van der Waals surface area contributed by atoms with Gasteiger partial charge in [-0.2, -0.15) is 0 Å². The van der Waals surface area contributed by atoms with Crippen LogP contribution in [0.2, 0.25) is 0 Å². The fourth-order valence-corrected chi connectivity index (χ4v) is 3.08. The van der Waals surface area contributed by atoms with Crippen molar-refractivity contribution >= 4 is 11.5 Å². The van der Waals surface area contributed by atoms with Crippen molar-refractivity contribution in [3.63, 3.8) is 0 Å². The van der Waals surface area contributed by atoms with E-state index in [2.05, 4.69) is 0 Å². The van der Waals surface area contributed by atoms with Crippen LogP contribution in [0.15, 0.2) is 78.1 Å². The Hall–Kier alpha value is -2.81. The number of hydrogen-bond donors (Lipinski definition) is 1. The topological polar surface area (TPSA) is 46.5 Å². The van der Waals surface area contributed by atoms with Gasteiger partial charge in [0.15, 0.2) is 0 Å². The Kier molecular flexibility index (Phi) is 4.80. The summed E-state index contributed by atoms with van der Waals surface area (Å²) in [6.45, 7) is 2.05. The van der Waals surface area contributed by atoms with Crippen LogP contribution in [-0.4, -0.2) is 17.7 Å². The Balaban J connectivity index is 2.06. The highest BCUT2D eigenvalue weighted by atomic mass is 16.5. The molecule has 1 aliphatic carbocycles. The smallest absolute Gasteiger partial charge is 0.338 e. The van der Waals surface area contributed by atoms with Crippen molar-refractivity contribution in [1.82, 2.24) is 0 Å². The largest absolute Gasteiger partial charge is 0.507 e. The molecular weight excluding hydrogens is 300 g/mol. The second-order valence-electron chi connectivity index (χ2n) is 5.72. The lowest BCUT2D eigenvalue weighted by Crippen LogP contribution is -2.20. The van der Waals surface area contributed by atoms with Gasteiger partial charge in [-0.05, 0) is 36.1 Å². The molecule has 1 N–H and O–H groups in total. The second-order valence-corrected chi connectivity index (χ2v) is 5.72. The minimum atomic E-state index is -0.452. The minimum absolute atomic E-state index is 0.00703. The molecule has 122 valence electrons. The number of aliphatic hydroxyl groups is 1. The van der Waals surface area contributed by atoms with Gasteiger partial charge in [0.2, 0.25) is 0 Å². The summed E-state index contributed by atoms with van der Waals surface area (Å²) in [5.74, 6) is -0.676. The third-order valence-corrected chi connectivity index (χ3v) is 4.20. The number of allylic oxidation sites excluding steroid dienone is 2. The maximum absolute atomic E-state index is 12.4. The first-order valence-electron chi connectivity index (χ1n) is 8.12. The van der Waals surface area contributed by atoms with Crippen LogP contribution >= 0.6 is 0 Å². The van der Waals surface area contributed by atoms with Crippen LogP contribution in [0.25, 0.3) is 5.57 Å². The van der Waals surface area contributed by atoms with Crippen molar-refractivity contribution in [3.8, 4) is 0 Å². The van der Waals surface area contributed by atoms with Gasteiger partial charge in [0.25, 0.3) is 0 Å². The molecule has 0 amide bonds. The molecule has 0 aromatic heterocycles. The lowest BCUT2D eigenvalue weighted by atomic mass is 9.79. The molecule has 3 heteroatoms. The van der Waals surface area contributed by atoms with Crippen molar-refractivity contribution < 1.29 is 14.6 Å². The van der Waals surface area contributed by atoms with E-state index in [0.29, 0.717) is 12.0 Å². The summed E-state index contributed by atoms with van der Waals surface area (Å²) >= 11 is 0. The Morgan fingerprint density at radius 3 is 2.33 bits per heavy atom. The zero-order chi connectivity index (χ0) is 16.9. The highest BCUT2D eigenvalue weighted by molar-refractivity contribution is 5.93. The van der Waals surface area contributed by atoms with Gasteiger partial charge in [-0.3, -0.25) is 0 Å². The molecular formula is C21H20O3. The number of ether oxygens (including phenoxy) is 1. The Morgan fingerprint density at radius 2 is 1.71 bits per heavy atom. The zero-order valence-corrected chi connectivity index (χ0v) is 13.6. The van der Waals surface area contributed by atoms with Crippen molar-refractivity contribution in [3.05, 3.63) is 89.2 Å². The van der Waals surface area contributed by atoms with Crippen molar-refractivity contribution in [2.45, 2.75) is 19.3 Å². The number of hydrogen-bond acceptors (Lipinski definition) is 3. The predicted molar refractivity (Wildman–Crippen MR) is 94.5 cm³/mol. The van der Waals surface area contributed by atoms with E-state index < -0.39 is 5.97 Å². The fourth-order valence-electron chi connectivity index (χ4n) is 3.08. The van der Waals surface area contributed by atoms with E-state index in [1.54, 1.807) is 13.0 Å². The third-order valence-electron chi connectivity index (χ3n) is 4.20. The van der Waals surface area contributed by atoms with E-state index in [1.807, 2.05) is 60.7 Å². The summed E-state index contributed by atoms with van der Waals surface area (Å²) in [4.78, 5) is 12.4. The Morgan fingerprint density at radius 1 is 1.08 bits per heavy atom. The van der Waals surface area contributed by atoms with E-state index in [4.69, 9.17) is 4.74 Å². The van der Waals surface area contributed by atoms with Crippen LogP contribution in [0.1, 0.15) is 30.4 Å². The van der Waals surface area contributed by atoms with Crippen LogP contribution in [-0.2, 0) is 9.53 Å². The molecule has 0 saturated heterocycles. The molecule has 0 bridgehead atoms. The molecule has 0 radical (unpaired) electrons. The first-order valence-corrected chi connectivity index (χ1v) is 8.12. The molecule has 3 rings (SSSR count). The standard InChI is InChI=1S/C21H20O3/c1-2-24-21(23)20-18(16-11-7-4-8-12-16)13-17(14-19(20)22)15-9-5-3-6-10-15/h3-12,14,18,22H,2,13H2,1H3. The highest BCUT2D eigenvalue weighted by Gasteiger charge is 2.31. The SMILES string of the molecule is CCOC(=O)C1=C(O)C=C(c2ccccc2)CC1c1ccccc1. The number of rotatable bonds is 4. The molecule has 0 spiro atoms. The third kappa shape index (κ3) is 3.25. The van der Waals surface area contributed by atoms with Gasteiger partial charge in [0.05, 0.1) is 12.2 Å². The lowest BCUT2D eigenvalue weighted by molar-refractivity contribution is -0.139. The van der Waals surface area contributed by atoms with Crippen molar-refractivity contribution in [1.29, 1.82) is 0 Å². The monoisotopic (exact) mass is 320 g/mol. The molecule has 0 saturated carbocycles. The minimum Gasteiger partial charge on any atom is -0.507 e. The first-order chi connectivity index (χ1) is 11.7. The molecule has 3 nitrogen and oxygen atoms in total. The molecule has 2 aromatic carbocycles. The van der Waals surface area contributed by atoms with Crippen LogP contribution in [0.4, 0.5) is 0 Å². The van der Waals surface area contributed by atoms with Gasteiger partial charge in [0.1, 0.15) is 5.76 Å². The zero-order valence-electron chi connectivity index (χ0n) is 13.6. The number of carbonyl (C=O) groups excluding carboxylic acids is 1. The maximum Gasteiger partial charge on any atom is 0.338 e. The van der Waals surface area contributed by atoms with Gasteiger partial charge in [0, 0.05) is 5.92 Å². The molecule has 24 heavy (non-hydrogen) atoms. The van der Waals surface area contributed by atoms with E-state index in [0.717, 1.165) is 16.7 Å². The summed E-state index contributed by atoms with van der Waals surface area (Å²) in [6, 6.07) is 19.7. The van der Waals surface area contributed by atoms with E-state index in [9.17, 15) is 9.90 Å². The van der Waals surface area contributed by atoms with Crippen molar-refractivity contribution in [2.75, 3.05) is 6.61 Å². The summed E-state index contributed by atoms with van der Waals surface area (Å²) in [5, 5.41) is 10.5. The summed E-state index contributed by atoms with van der Waals surface area (Å²) in [5.41, 5.74) is 3.39. The quantitative estimate of drug-likeness (QED) is 0.835. The van der Waals surface area contributed by atoms with E-state index in [1.165, 1.54) is 0 Å². The van der Waals surface area contributed by atoms with Crippen molar-refractivity contribution in [2.24, 2.45) is 0 Å². The number of benzene rings is 2. The molecule has 1 aliphatic rings. The average Bonchev–Trinajstić information content (AvgIpc) is 2.62. The van der Waals surface area contributed by atoms with Crippen LogP contribution in [0, 0.1) is 0 Å². The van der Waals surface area contributed by atoms with Gasteiger partial charge in [-0.25, -0.2) is 4.79 Å². The molecule has 0 fully saturated rings. The van der Waals surface area contributed by atoms with Gasteiger partial charge >= 0.3 is 5.97 Å².